The fourth-order valence-electron chi connectivity index (χ4n) is 2.89. The molecule has 1 fully saturated rings. The lowest BCUT2D eigenvalue weighted by Gasteiger charge is -2.38. The number of piperidine rings is 1. The van der Waals surface area contributed by atoms with Gasteiger partial charge in [-0.1, -0.05) is 0 Å². The Balaban J connectivity index is 2.06. The number of methoxy groups -OCH3 is 1. The summed E-state index contributed by atoms with van der Waals surface area (Å²) in [5.41, 5.74) is -1.70. The molecule has 1 aromatic heterocycles. The summed E-state index contributed by atoms with van der Waals surface area (Å²) in [7, 11) is 1.53. The van der Waals surface area contributed by atoms with Gasteiger partial charge in [-0.25, -0.2) is 9.78 Å². The smallest absolute Gasteiger partial charge is 0.437 e. The Labute approximate surface area is 156 Å². The van der Waals surface area contributed by atoms with Gasteiger partial charge in [0.1, 0.15) is 11.4 Å². The number of nitrogens with zero attached hydrogens (tertiary/aromatic N) is 2. The molecule has 0 N–H and O–H groups in total. The highest BCUT2D eigenvalue weighted by atomic mass is 19.4. The number of alkyl halides is 3. The molecule has 0 spiro atoms. The largest absolute Gasteiger partial charge is 0.491 e. The predicted molar refractivity (Wildman–Crippen MR) is 91.4 cm³/mol. The SMILES string of the molecule is COC1CCN(C(=O)OC(C)(C)C)CC1COc1cccnc1C(F)(F)F. The van der Waals surface area contributed by atoms with E-state index in [2.05, 4.69) is 4.98 Å². The monoisotopic (exact) mass is 390 g/mol. The lowest BCUT2D eigenvalue weighted by atomic mass is 9.95. The van der Waals surface area contributed by atoms with Crippen molar-refractivity contribution in [1.82, 2.24) is 9.88 Å². The third kappa shape index (κ3) is 5.98. The van der Waals surface area contributed by atoms with Crippen LogP contribution in [0.1, 0.15) is 32.9 Å². The minimum atomic E-state index is -4.60. The molecule has 1 saturated heterocycles. The Hall–Kier alpha value is -2.03. The molecular weight excluding hydrogens is 365 g/mol. The van der Waals surface area contributed by atoms with E-state index in [1.165, 1.54) is 24.1 Å². The molecule has 9 heteroatoms. The molecule has 2 unspecified atom stereocenters. The van der Waals surface area contributed by atoms with Crippen LogP contribution in [0.3, 0.4) is 0 Å². The fourth-order valence-corrected chi connectivity index (χ4v) is 2.89. The molecule has 2 heterocycles. The van der Waals surface area contributed by atoms with Crippen LogP contribution in [-0.4, -0.2) is 54.5 Å². The number of rotatable bonds is 4. The summed E-state index contributed by atoms with van der Waals surface area (Å²) in [5.74, 6) is -0.633. The van der Waals surface area contributed by atoms with Gasteiger partial charge in [0.25, 0.3) is 0 Å². The molecule has 152 valence electrons. The number of pyridine rings is 1. The molecule has 2 atom stereocenters. The molecule has 0 aliphatic carbocycles. The molecule has 27 heavy (non-hydrogen) atoms. The number of hydrogen-bond acceptors (Lipinski definition) is 5. The highest BCUT2D eigenvalue weighted by molar-refractivity contribution is 5.68. The predicted octanol–water partition coefficient (Wildman–Crippen LogP) is 3.75. The van der Waals surface area contributed by atoms with E-state index in [9.17, 15) is 18.0 Å². The fraction of sp³-hybridized carbons (Fsp3) is 0.667. The summed E-state index contributed by atoms with van der Waals surface area (Å²) in [4.78, 5) is 17.2. The van der Waals surface area contributed by atoms with Crippen molar-refractivity contribution in [1.29, 1.82) is 0 Å². The number of hydrogen-bond donors (Lipinski definition) is 0. The number of carbonyl (C=O) groups is 1. The highest BCUT2D eigenvalue weighted by Gasteiger charge is 2.38. The first-order valence-corrected chi connectivity index (χ1v) is 8.67. The van der Waals surface area contributed by atoms with Crippen LogP contribution in [-0.2, 0) is 15.7 Å². The van der Waals surface area contributed by atoms with E-state index in [4.69, 9.17) is 14.2 Å². The van der Waals surface area contributed by atoms with Crippen molar-refractivity contribution in [2.45, 2.75) is 45.1 Å². The third-order valence-corrected chi connectivity index (χ3v) is 4.11. The Morgan fingerprint density at radius 1 is 1.33 bits per heavy atom. The normalized spacial score (nSPS) is 21.1. The lowest BCUT2D eigenvalue weighted by molar-refractivity contribution is -0.142. The van der Waals surface area contributed by atoms with E-state index in [1.807, 2.05) is 0 Å². The van der Waals surface area contributed by atoms with E-state index in [0.717, 1.165) is 6.20 Å². The van der Waals surface area contributed by atoms with E-state index < -0.39 is 23.6 Å². The van der Waals surface area contributed by atoms with Crippen molar-refractivity contribution in [2.75, 3.05) is 26.8 Å². The average molecular weight is 390 g/mol. The minimum Gasteiger partial charge on any atom is -0.491 e. The zero-order valence-corrected chi connectivity index (χ0v) is 15.9. The van der Waals surface area contributed by atoms with Crippen molar-refractivity contribution >= 4 is 6.09 Å². The summed E-state index contributed by atoms with van der Waals surface area (Å²) in [6, 6.07) is 2.61. The van der Waals surface area contributed by atoms with Crippen molar-refractivity contribution in [3.8, 4) is 5.75 Å². The van der Waals surface area contributed by atoms with Gasteiger partial charge in [-0.05, 0) is 39.3 Å². The van der Waals surface area contributed by atoms with Crippen LogP contribution in [0.5, 0.6) is 5.75 Å². The van der Waals surface area contributed by atoms with Crippen LogP contribution >= 0.6 is 0 Å². The minimum absolute atomic E-state index is 0.0351. The topological polar surface area (TPSA) is 60.9 Å². The molecule has 0 bridgehead atoms. The molecule has 0 radical (unpaired) electrons. The first-order chi connectivity index (χ1) is 12.5. The second-order valence-corrected chi connectivity index (χ2v) is 7.41. The van der Waals surface area contributed by atoms with E-state index in [1.54, 1.807) is 20.8 Å². The Kier molecular flexibility index (Phi) is 6.56. The molecular formula is C18H25F3N2O4. The Morgan fingerprint density at radius 2 is 2.04 bits per heavy atom. The van der Waals surface area contributed by atoms with Gasteiger partial charge >= 0.3 is 12.3 Å². The van der Waals surface area contributed by atoms with Crippen LogP contribution in [0.25, 0.3) is 0 Å². The van der Waals surface area contributed by atoms with Gasteiger partial charge < -0.3 is 19.1 Å². The zero-order chi connectivity index (χ0) is 20.2. The maximum Gasteiger partial charge on any atom is 0.437 e. The number of carbonyl (C=O) groups excluding carboxylic acids is 1. The number of halogens is 3. The molecule has 1 aliphatic rings. The second-order valence-electron chi connectivity index (χ2n) is 7.41. The van der Waals surface area contributed by atoms with Gasteiger partial charge in [-0.15, -0.1) is 0 Å². The van der Waals surface area contributed by atoms with E-state index >= 15 is 0 Å². The van der Waals surface area contributed by atoms with E-state index in [-0.39, 0.29) is 30.9 Å². The van der Waals surface area contributed by atoms with Crippen molar-refractivity contribution in [3.63, 3.8) is 0 Å². The third-order valence-electron chi connectivity index (χ3n) is 4.11. The van der Waals surface area contributed by atoms with Crippen LogP contribution in [0.4, 0.5) is 18.0 Å². The molecule has 6 nitrogen and oxygen atoms in total. The van der Waals surface area contributed by atoms with Gasteiger partial charge in [-0.2, -0.15) is 13.2 Å². The van der Waals surface area contributed by atoms with Gasteiger partial charge in [0, 0.05) is 32.3 Å². The van der Waals surface area contributed by atoms with Crippen LogP contribution < -0.4 is 4.74 Å². The quantitative estimate of drug-likeness (QED) is 0.784. The van der Waals surface area contributed by atoms with Gasteiger partial charge in [-0.3, -0.25) is 0 Å². The van der Waals surface area contributed by atoms with Gasteiger partial charge in [0.05, 0.1) is 12.7 Å². The lowest BCUT2D eigenvalue weighted by Crippen LogP contribution is -2.49. The molecule has 0 saturated carbocycles. The highest BCUT2D eigenvalue weighted by Crippen LogP contribution is 2.34. The molecule has 1 amide bonds. The average Bonchev–Trinajstić information content (AvgIpc) is 2.57. The summed E-state index contributed by atoms with van der Waals surface area (Å²) in [6.45, 7) is 6.00. The van der Waals surface area contributed by atoms with Crippen molar-refractivity contribution < 1.29 is 32.2 Å². The summed E-state index contributed by atoms with van der Waals surface area (Å²) < 4.78 is 55.3. The number of likely N-dealkylation sites (tertiary alicyclic amines) is 1. The standard InChI is InChI=1S/C18H25F3N2O4/c1-17(2,3)27-16(24)23-9-7-13(25-4)12(10-23)11-26-14-6-5-8-22-15(14)18(19,20)21/h5-6,8,12-13H,7,9-11H2,1-4H3. The van der Waals surface area contributed by atoms with Crippen LogP contribution in [0.2, 0.25) is 0 Å². The number of aromatic nitrogens is 1. The van der Waals surface area contributed by atoms with E-state index in [0.29, 0.717) is 13.0 Å². The molecule has 1 aromatic rings. The maximum absolute atomic E-state index is 13.0. The second kappa shape index (κ2) is 8.33. The first-order valence-electron chi connectivity index (χ1n) is 8.67. The Bertz CT molecular complexity index is 646. The molecule has 2 rings (SSSR count). The first kappa shape index (κ1) is 21.3. The summed E-state index contributed by atoms with van der Waals surface area (Å²) in [6.07, 6.45) is -3.68. The maximum atomic E-state index is 13.0. The summed E-state index contributed by atoms with van der Waals surface area (Å²) in [5, 5.41) is 0. The van der Waals surface area contributed by atoms with Gasteiger partial charge in [0.2, 0.25) is 0 Å². The molecule has 0 aromatic carbocycles. The Morgan fingerprint density at radius 3 is 2.63 bits per heavy atom. The van der Waals surface area contributed by atoms with Crippen molar-refractivity contribution in [3.05, 3.63) is 24.0 Å². The molecule has 1 aliphatic heterocycles. The van der Waals surface area contributed by atoms with Crippen LogP contribution in [0.15, 0.2) is 18.3 Å². The number of ether oxygens (including phenoxy) is 3. The summed E-state index contributed by atoms with van der Waals surface area (Å²) >= 11 is 0. The van der Waals surface area contributed by atoms with Crippen molar-refractivity contribution in [2.24, 2.45) is 5.92 Å². The number of amides is 1. The van der Waals surface area contributed by atoms with Crippen LogP contribution in [0, 0.1) is 5.92 Å². The van der Waals surface area contributed by atoms with Gasteiger partial charge in [0.15, 0.2) is 5.69 Å². The zero-order valence-electron chi connectivity index (χ0n) is 15.9.